The predicted molar refractivity (Wildman–Crippen MR) is 79.8 cm³/mol. The Labute approximate surface area is 129 Å². The van der Waals surface area contributed by atoms with Crippen molar-refractivity contribution in [1.82, 2.24) is 14.7 Å². The van der Waals surface area contributed by atoms with Gasteiger partial charge in [-0.05, 0) is 17.5 Å². The van der Waals surface area contributed by atoms with Crippen LogP contribution in [-0.4, -0.2) is 65.6 Å². The lowest BCUT2D eigenvalue weighted by Crippen LogP contribution is -2.53. The van der Waals surface area contributed by atoms with Gasteiger partial charge in [0.15, 0.2) is 0 Å². The lowest BCUT2D eigenvalue weighted by atomic mass is 10.00. The molecule has 2 aliphatic heterocycles. The first-order valence-electron chi connectivity index (χ1n) is 7.53. The van der Waals surface area contributed by atoms with Gasteiger partial charge < -0.3 is 14.7 Å². The van der Waals surface area contributed by atoms with Crippen molar-refractivity contribution >= 4 is 18.2 Å². The van der Waals surface area contributed by atoms with Gasteiger partial charge in [0.25, 0.3) is 0 Å². The van der Waals surface area contributed by atoms with Crippen LogP contribution in [0.2, 0.25) is 0 Å². The third-order valence-corrected chi connectivity index (χ3v) is 4.35. The van der Waals surface area contributed by atoms with Gasteiger partial charge in [-0.1, -0.05) is 24.3 Å². The van der Waals surface area contributed by atoms with E-state index in [0.717, 1.165) is 18.4 Å². The number of carbonyl (C=O) groups excluding carboxylic acids is 3. The van der Waals surface area contributed by atoms with E-state index >= 15 is 0 Å². The largest absolute Gasteiger partial charge is 0.342 e. The molecule has 1 saturated heterocycles. The molecule has 1 aromatic carbocycles. The molecule has 0 bridgehead atoms. The highest BCUT2D eigenvalue weighted by atomic mass is 16.2. The second-order valence-corrected chi connectivity index (χ2v) is 5.68. The number of nitrogens with zero attached hydrogens (tertiary/aromatic N) is 3. The summed E-state index contributed by atoms with van der Waals surface area (Å²) in [4.78, 5) is 40.2. The van der Waals surface area contributed by atoms with E-state index in [1.54, 1.807) is 14.7 Å². The third-order valence-electron chi connectivity index (χ3n) is 4.35. The molecule has 0 unspecified atom stereocenters. The Morgan fingerprint density at radius 3 is 2.18 bits per heavy atom. The summed E-state index contributed by atoms with van der Waals surface area (Å²) in [7, 11) is 0. The maximum atomic E-state index is 12.4. The molecule has 2 aliphatic rings. The molecule has 0 saturated carbocycles. The molecule has 22 heavy (non-hydrogen) atoms. The maximum Gasteiger partial charge on any atom is 0.312 e. The Hall–Kier alpha value is -2.37. The van der Waals surface area contributed by atoms with Crippen LogP contribution >= 0.6 is 0 Å². The van der Waals surface area contributed by atoms with Crippen LogP contribution in [0.1, 0.15) is 11.1 Å². The number of piperazine rings is 1. The van der Waals surface area contributed by atoms with Gasteiger partial charge in [-0.2, -0.15) is 0 Å². The van der Waals surface area contributed by atoms with Crippen LogP contribution in [0.4, 0.5) is 0 Å². The second-order valence-electron chi connectivity index (χ2n) is 5.68. The third kappa shape index (κ3) is 2.81. The first-order chi connectivity index (χ1) is 10.7. The number of amides is 3. The lowest BCUT2D eigenvalue weighted by molar-refractivity contribution is -0.153. The van der Waals surface area contributed by atoms with Gasteiger partial charge in [0.2, 0.25) is 6.41 Å². The van der Waals surface area contributed by atoms with E-state index in [4.69, 9.17) is 0 Å². The number of carbonyl (C=O) groups is 3. The molecule has 0 radical (unpaired) electrons. The van der Waals surface area contributed by atoms with Crippen LogP contribution in [-0.2, 0) is 27.3 Å². The lowest BCUT2D eigenvalue weighted by Gasteiger charge is -2.34. The van der Waals surface area contributed by atoms with Crippen LogP contribution in [0.15, 0.2) is 24.3 Å². The van der Waals surface area contributed by atoms with Gasteiger partial charge in [0, 0.05) is 39.3 Å². The van der Waals surface area contributed by atoms with Gasteiger partial charge in [-0.15, -0.1) is 0 Å². The maximum absolute atomic E-state index is 12.4. The molecule has 1 aromatic rings. The van der Waals surface area contributed by atoms with Crippen molar-refractivity contribution in [2.45, 2.75) is 13.0 Å². The van der Waals surface area contributed by atoms with E-state index < -0.39 is 11.8 Å². The molecule has 6 nitrogen and oxygen atoms in total. The number of benzene rings is 1. The Morgan fingerprint density at radius 1 is 0.864 bits per heavy atom. The molecular formula is C16H19N3O3. The average molecular weight is 301 g/mol. The fraction of sp³-hybridized carbons (Fsp3) is 0.438. The molecule has 116 valence electrons. The Morgan fingerprint density at radius 2 is 1.50 bits per heavy atom. The summed E-state index contributed by atoms with van der Waals surface area (Å²) in [6.45, 7) is 2.91. The first kappa shape index (κ1) is 14.6. The molecule has 0 N–H and O–H groups in total. The molecule has 0 aliphatic carbocycles. The summed E-state index contributed by atoms with van der Waals surface area (Å²) in [5.74, 6) is -0.890. The zero-order valence-corrected chi connectivity index (χ0v) is 12.4. The minimum Gasteiger partial charge on any atom is -0.342 e. The van der Waals surface area contributed by atoms with E-state index in [1.807, 2.05) is 18.2 Å². The highest BCUT2D eigenvalue weighted by molar-refractivity contribution is 6.34. The van der Waals surface area contributed by atoms with Crippen LogP contribution in [0.25, 0.3) is 0 Å². The van der Waals surface area contributed by atoms with Crippen molar-refractivity contribution in [1.29, 1.82) is 0 Å². The van der Waals surface area contributed by atoms with Gasteiger partial charge >= 0.3 is 11.8 Å². The molecule has 3 amide bonds. The van der Waals surface area contributed by atoms with Crippen molar-refractivity contribution in [3.8, 4) is 0 Å². The van der Waals surface area contributed by atoms with Crippen molar-refractivity contribution in [3.63, 3.8) is 0 Å². The second kappa shape index (κ2) is 6.17. The molecular weight excluding hydrogens is 282 g/mol. The van der Waals surface area contributed by atoms with E-state index in [-0.39, 0.29) is 0 Å². The van der Waals surface area contributed by atoms with Gasteiger partial charge in [-0.25, -0.2) is 0 Å². The van der Waals surface area contributed by atoms with Crippen LogP contribution in [0.5, 0.6) is 0 Å². The first-order valence-corrected chi connectivity index (χ1v) is 7.53. The molecule has 2 heterocycles. The summed E-state index contributed by atoms with van der Waals surface area (Å²) in [5.41, 5.74) is 2.36. The summed E-state index contributed by atoms with van der Waals surface area (Å²) < 4.78 is 0. The number of hydrogen-bond donors (Lipinski definition) is 0. The van der Waals surface area contributed by atoms with E-state index in [1.165, 1.54) is 5.56 Å². The van der Waals surface area contributed by atoms with E-state index in [9.17, 15) is 14.4 Å². The SMILES string of the molecule is O=CN1CCN(C(=O)C(=O)N2CCc3ccccc3C2)CC1. The molecule has 3 rings (SSSR count). The molecule has 0 spiro atoms. The molecule has 1 fully saturated rings. The van der Waals surface area contributed by atoms with Crippen LogP contribution < -0.4 is 0 Å². The fourth-order valence-electron chi connectivity index (χ4n) is 2.97. The quantitative estimate of drug-likeness (QED) is 0.536. The van der Waals surface area contributed by atoms with Gasteiger partial charge in [0.1, 0.15) is 0 Å². The van der Waals surface area contributed by atoms with Crippen molar-refractivity contribution in [2.24, 2.45) is 0 Å². The minimum atomic E-state index is -0.454. The van der Waals surface area contributed by atoms with Crippen LogP contribution in [0.3, 0.4) is 0 Å². The summed E-state index contributed by atoms with van der Waals surface area (Å²) in [5, 5.41) is 0. The van der Waals surface area contributed by atoms with Gasteiger partial charge in [-0.3, -0.25) is 14.4 Å². The van der Waals surface area contributed by atoms with Gasteiger partial charge in [0.05, 0.1) is 0 Å². The Kier molecular flexibility index (Phi) is 4.09. The zero-order valence-electron chi connectivity index (χ0n) is 12.4. The smallest absolute Gasteiger partial charge is 0.312 e. The summed E-state index contributed by atoms with van der Waals surface area (Å²) in [6, 6.07) is 8.01. The Balaban J connectivity index is 1.62. The average Bonchev–Trinajstić information content (AvgIpc) is 2.60. The minimum absolute atomic E-state index is 0.424. The number of hydrogen-bond acceptors (Lipinski definition) is 3. The van der Waals surface area contributed by atoms with Crippen LogP contribution in [0, 0.1) is 0 Å². The molecule has 6 heteroatoms. The summed E-state index contributed by atoms with van der Waals surface area (Å²) in [6.07, 6.45) is 1.57. The summed E-state index contributed by atoms with van der Waals surface area (Å²) >= 11 is 0. The normalized spacial score (nSPS) is 17.9. The standard InChI is InChI=1S/C16H19N3O3/c20-12-17-7-9-18(10-8-17)15(21)16(22)19-6-5-13-3-1-2-4-14(13)11-19/h1-4,12H,5-11H2. The van der Waals surface area contributed by atoms with Crippen molar-refractivity contribution in [2.75, 3.05) is 32.7 Å². The van der Waals surface area contributed by atoms with E-state index in [0.29, 0.717) is 39.3 Å². The van der Waals surface area contributed by atoms with E-state index in [2.05, 4.69) is 6.07 Å². The zero-order chi connectivity index (χ0) is 15.5. The molecule has 0 atom stereocenters. The molecule has 0 aromatic heterocycles. The predicted octanol–water partition coefficient (Wildman–Crippen LogP) is -0.128. The Bertz CT molecular complexity index is 594. The fourth-order valence-corrected chi connectivity index (χ4v) is 2.97. The highest BCUT2D eigenvalue weighted by Gasteiger charge is 2.30. The monoisotopic (exact) mass is 301 g/mol. The van der Waals surface area contributed by atoms with Crippen molar-refractivity contribution < 1.29 is 14.4 Å². The topological polar surface area (TPSA) is 60.9 Å². The number of rotatable bonds is 1. The number of fused-ring (bicyclic) bond motifs is 1. The highest BCUT2D eigenvalue weighted by Crippen LogP contribution is 2.19. The van der Waals surface area contributed by atoms with Crippen molar-refractivity contribution in [3.05, 3.63) is 35.4 Å².